The molecular formula is C23H27FN4O3. The normalized spacial score (nSPS) is 21.8. The highest BCUT2D eigenvalue weighted by Crippen LogP contribution is 2.43. The molecular weight excluding hydrogens is 399 g/mol. The first-order valence-electron chi connectivity index (χ1n) is 10.6. The summed E-state index contributed by atoms with van der Waals surface area (Å²) in [6.07, 6.45) is 6.65. The molecule has 2 aromatic rings. The summed E-state index contributed by atoms with van der Waals surface area (Å²) < 4.78 is 15.9. The molecule has 0 radical (unpaired) electrons. The number of amides is 3. The first-order valence-corrected chi connectivity index (χ1v) is 10.6. The number of rotatable bonds is 6. The average molecular weight is 426 g/mol. The number of aryl methyl sites for hydroxylation is 1. The molecule has 2 heterocycles. The van der Waals surface area contributed by atoms with Gasteiger partial charge in [-0.05, 0) is 30.5 Å². The third-order valence-electron chi connectivity index (χ3n) is 6.60. The number of hydrogen-bond acceptors (Lipinski definition) is 4. The molecule has 7 nitrogen and oxygen atoms in total. The number of likely N-dealkylation sites (tertiary alicyclic amines) is 1. The molecule has 0 N–H and O–H groups in total. The smallest absolute Gasteiger partial charge is 0.241 e. The van der Waals surface area contributed by atoms with Gasteiger partial charge in [0, 0.05) is 45.4 Å². The molecule has 1 aromatic heterocycles. The van der Waals surface area contributed by atoms with Gasteiger partial charge in [0.05, 0.1) is 12.0 Å². The molecule has 0 bridgehead atoms. The van der Waals surface area contributed by atoms with E-state index in [4.69, 9.17) is 0 Å². The summed E-state index contributed by atoms with van der Waals surface area (Å²) in [6.45, 7) is 0.274. The molecule has 1 saturated heterocycles. The minimum Gasteiger partial charge on any atom is -0.338 e. The molecule has 0 spiro atoms. The average Bonchev–Trinajstić information content (AvgIpc) is 3.44. The van der Waals surface area contributed by atoms with E-state index in [0.717, 1.165) is 25.7 Å². The van der Waals surface area contributed by atoms with Gasteiger partial charge in [-0.1, -0.05) is 25.0 Å². The number of aromatic nitrogens is 2. The SMILES string of the molecule is CN(Cc1nccn1C)C(=O)C[C@]1(c2cccc(F)c2)CC(=O)N(C2CCCC2)C1=O. The van der Waals surface area contributed by atoms with Crippen molar-refractivity contribution in [1.82, 2.24) is 19.4 Å². The van der Waals surface area contributed by atoms with Crippen LogP contribution in [0.3, 0.4) is 0 Å². The maximum absolute atomic E-state index is 14.1. The van der Waals surface area contributed by atoms with Crippen LogP contribution in [-0.4, -0.2) is 50.2 Å². The predicted molar refractivity (Wildman–Crippen MR) is 111 cm³/mol. The van der Waals surface area contributed by atoms with E-state index in [1.54, 1.807) is 25.5 Å². The molecule has 1 aliphatic heterocycles. The van der Waals surface area contributed by atoms with Gasteiger partial charge in [0.2, 0.25) is 17.7 Å². The van der Waals surface area contributed by atoms with Gasteiger partial charge in [0.15, 0.2) is 0 Å². The van der Waals surface area contributed by atoms with E-state index in [-0.39, 0.29) is 43.1 Å². The summed E-state index contributed by atoms with van der Waals surface area (Å²) in [7, 11) is 3.49. The van der Waals surface area contributed by atoms with Gasteiger partial charge >= 0.3 is 0 Å². The molecule has 2 fully saturated rings. The van der Waals surface area contributed by atoms with Crippen molar-refractivity contribution < 1.29 is 18.8 Å². The van der Waals surface area contributed by atoms with E-state index in [2.05, 4.69) is 4.98 Å². The fourth-order valence-electron chi connectivity index (χ4n) is 4.79. The van der Waals surface area contributed by atoms with Crippen LogP contribution in [0.5, 0.6) is 0 Å². The number of carbonyl (C=O) groups excluding carboxylic acids is 3. The molecule has 1 aromatic carbocycles. The van der Waals surface area contributed by atoms with E-state index in [0.29, 0.717) is 11.4 Å². The zero-order valence-electron chi connectivity index (χ0n) is 17.9. The van der Waals surface area contributed by atoms with Crippen LogP contribution in [0.1, 0.15) is 49.9 Å². The molecule has 1 saturated carbocycles. The fourth-order valence-corrected chi connectivity index (χ4v) is 4.79. The summed E-state index contributed by atoms with van der Waals surface area (Å²) in [5, 5.41) is 0. The summed E-state index contributed by atoms with van der Waals surface area (Å²) in [5.74, 6) is -0.738. The Hall–Kier alpha value is -3.03. The summed E-state index contributed by atoms with van der Waals surface area (Å²) in [5.41, 5.74) is -1.00. The molecule has 1 aliphatic carbocycles. The Morgan fingerprint density at radius 3 is 2.68 bits per heavy atom. The number of benzene rings is 1. The highest BCUT2D eigenvalue weighted by atomic mass is 19.1. The van der Waals surface area contributed by atoms with Crippen LogP contribution in [0.15, 0.2) is 36.7 Å². The van der Waals surface area contributed by atoms with Crippen molar-refractivity contribution in [2.75, 3.05) is 7.05 Å². The third-order valence-corrected chi connectivity index (χ3v) is 6.60. The lowest BCUT2D eigenvalue weighted by atomic mass is 9.75. The predicted octanol–water partition coefficient (Wildman–Crippen LogP) is 2.55. The van der Waals surface area contributed by atoms with Crippen molar-refractivity contribution in [2.45, 2.75) is 56.5 Å². The van der Waals surface area contributed by atoms with Gasteiger partial charge in [-0.3, -0.25) is 19.3 Å². The van der Waals surface area contributed by atoms with E-state index < -0.39 is 11.2 Å². The minimum atomic E-state index is -1.38. The number of imidazole rings is 1. The monoisotopic (exact) mass is 426 g/mol. The highest BCUT2D eigenvalue weighted by molar-refractivity contribution is 6.11. The van der Waals surface area contributed by atoms with Crippen LogP contribution in [0.4, 0.5) is 4.39 Å². The summed E-state index contributed by atoms with van der Waals surface area (Å²) in [6, 6.07) is 5.59. The van der Waals surface area contributed by atoms with Gasteiger partial charge in [-0.15, -0.1) is 0 Å². The first kappa shape index (κ1) is 21.2. The fraction of sp³-hybridized carbons (Fsp3) is 0.478. The van der Waals surface area contributed by atoms with Crippen molar-refractivity contribution in [1.29, 1.82) is 0 Å². The van der Waals surface area contributed by atoms with Gasteiger partial charge < -0.3 is 9.47 Å². The van der Waals surface area contributed by atoms with Gasteiger partial charge in [0.1, 0.15) is 11.6 Å². The van der Waals surface area contributed by atoms with E-state index in [1.807, 2.05) is 11.6 Å². The quantitative estimate of drug-likeness (QED) is 0.666. The molecule has 1 atom stereocenters. The lowest BCUT2D eigenvalue weighted by Crippen LogP contribution is -2.45. The first-order chi connectivity index (χ1) is 14.8. The van der Waals surface area contributed by atoms with Crippen molar-refractivity contribution in [3.05, 3.63) is 53.9 Å². The number of hydrogen-bond donors (Lipinski definition) is 0. The van der Waals surface area contributed by atoms with Crippen LogP contribution < -0.4 is 0 Å². The van der Waals surface area contributed by atoms with Crippen molar-refractivity contribution in [3.63, 3.8) is 0 Å². The Labute approximate surface area is 180 Å². The van der Waals surface area contributed by atoms with Gasteiger partial charge in [-0.25, -0.2) is 9.37 Å². The lowest BCUT2D eigenvalue weighted by molar-refractivity contribution is -0.144. The second-order valence-corrected chi connectivity index (χ2v) is 8.66. The topological polar surface area (TPSA) is 75.5 Å². The number of nitrogens with zero attached hydrogens (tertiary/aromatic N) is 4. The van der Waals surface area contributed by atoms with Crippen molar-refractivity contribution in [2.24, 2.45) is 7.05 Å². The highest BCUT2D eigenvalue weighted by Gasteiger charge is 2.55. The number of halogens is 1. The van der Waals surface area contributed by atoms with E-state index in [1.165, 1.54) is 28.0 Å². The van der Waals surface area contributed by atoms with Crippen molar-refractivity contribution >= 4 is 17.7 Å². The van der Waals surface area contributed by atoms with Gasteiger partial charge in [0.25, 0.3) is 0 Å². The molecule has 0 unspecified atom stereocenters. The summed E-state index contributed by atoms with van der Waals surface area (Å²) >= 11 is 0. The zero-order chi connectivity index (χ0) is 22.2. The Bertz CT molecular complexity index is 1010. The molecule has 8 heteroatoms. The molecule has 3 amide bonds. The Morgan fingerprint density at radius 2 is 2.03 bits per heavy atom. The molecule has 31 heavy (non-hydrogen) atoms. The number of imide groups is 1. The standard InChI is InChI=1S/C23H27FN4O3/c1-26-11-10-25-19(26)15-27(2)20(29)13-23(16-6-5-7-17(24)12-16)14-21(30)28(22(23)31)18-8-3-4-9-18/h5-7,10-12,18H,3-4,8-9,13-15H2,1-2H3/t23-/m1/s1. The number of carbonyl (C=O) groups is 3. The lowest BCUT2D eigenvalue weighted by Gasteiger charge is -2.30. The van der Waals surface area contributed by atoms with E-state index >= 15 is 0 Å². The third kappa shape index (κ3) is 3.86. The Kier molecular flexibility index (Phi) is 5.64. The maximum atomic E-state index is 14.1. The second-order valence-electron chi connectivity index (χ2n) is 8.66. The van der Waals surface area contributed by atoms with Crippen molar-refractivity contribution in [3.8, 4) is 0 Å². The largest absolute Gasteiger partial charge is 0.338 e. The Balaban J connectivity index is 1.65. The van der Waals surface area contributed by atoms with Gasteiger partial charge in [-0.2, -0.15) is 0 Å². The van der Waals surface area contributed by atoms with Crippen LogP contribution in [0.25, 0.3) is 0 Å². The summed E-state index contributed by atoms with van der Waals surface area (Å²) in [4.78, 5) is 46.9. The van der Waals surface area contributed by atoms with Crippen LogP contribution in [0.2, 0.25) is 0 Å². The maximum Gasteiger partial charge on any atom is 0.241 e. The van der Waals surface area contributed by atoms with Crippen LogP contribution >= 0.6 is 0 Å². The zero-order valence-corrected chi connectivity index (χ0v) is 17.9. The molecule has 2 aliphatic rings. The second kappa shape index (κ2) is 8.24. The minimum absolute atomic E-state index is 0.117. The molecule has 4 rings (SSSR count). The van der Waals surface area contributed by atoms with Crippen LogP contribution in [-0.2, 0) is 33.4 Å². The Morgan fingerprint density at radius 1 is 1.29 bits per heavy atom. The van der Waals surface area contributed by atoms with Crippen LogP contribution in [0, 0.1) is 5.82 Å². The van der Waals surface area contributed by atoms with E-state index in [9.17, 15) is 18.8 Å². The molecule has 164 valence electrons.